The number of hydrogen-bond acceptors (Lipinski definition) is 3. The fourth-order valence-corrected chi connectivity index (χ4v) is 1.97. The summed E-state index contributed by atoms with van der Waals surface area (Å²) in [6.45, 7) is 2.05. The van der Waals surface area contributed by atoms with Gasteiger partial charge in [-0.15, -0.1) is 0 Å². The average Bonchev–Trinajstić information content (AvgIpc) is 2.84. The Bertz CT molecular complexity index is 742. The second-order valence-electron chi connectivity index (χ2n) is 4.83. The summed E-state index contributed by atoms with van der Waals surface area (Å²) in [6, 6.07) is 7.54. The molecule has 1 heterocycles. The zero-order valence-corrected chi connectivity index (χ0v) is 12.2. The lowest BCUT2D eigenvalue weighted by Crippen LogP contribution is -2.16. The molecule has 0 aliphatic rings. The van der Waals surface area contributed by atoms with Crippen molar-refractivity contribution in [3.8, 4) is 6.07 Å². The van der Waals surface area contributed by atoms with Crippen molar-refractivity contribution in [3.63, 3.8) is 0 Å². The van der Waals surface area contributed by atoms with E-state index in [0.717, 1.165) is 24.3 Å². The van der Waals surface area contributed by atoms with Crippen molar-refractivity contribution in [1.82, 2.24) is 9.78 Å². The summed E-state index contributed by atoms with van der Waals surface area (Å²) < 4.78 is 39.0. The maximum absolute atomic E-state index is 12.5. The number of carbonyl (C=O) groups is 1. The average molecular weight is 322 g/mol. The van der Waals surface area contributed by atoms with Gasteiger partial charge >= 0.3 is 6.18 Å². The lowest BCUT2D eigenvalue weighted by atomic mass is 10.1. The Hall–Kier alpha value is -2.82. The number of alkyl halides is 3. The second-order valence-corrected chi connectivity index (χ2v) is 4.83. The van der Waals surface area contributed by atoms with Crippen molar-refractivity contribution < 1.29 is 18.0 Å². The highest BCUT2D eigenvalue weighted by Gasteiger charge is 2.30. The van der Waals surface area contributed by atoms with Gasteiger partial charge in [0.05, 0.1) is 30.3 Å². The Morgan fingerprint density at radius 3 is 2.57 bits per heavy atom. The van der Waals surface area contributed by atoms with Crippen LogP contribution in [0.4, 0.5) is 19.0 Å². The van der Waals surface area contributed by atoms with Gasteiger partial charge in [-0.25, -0.2) is 4.68 Å². The van der Waals surface area contributed by atoms with E-state index in [9.17, 15) is 18.0 Å². The lowest BCUT2D eigenvalue weighted by Gasteiger charge is -2.09. The summed E-state index contributed by atoms with van der Waals surface area (Å²) in [5.41, 5.74) is -0.0571. The normalized spacial score (nSPS) is 11.1. The number of aryl methyl sites for hydroxylation is 2. The van der Waals surface area contributed by atoms with Crippen molar-refractivity contribution in [3.05, 3.63) is 47.2 Å². The van der Waals surface area contributed by atoms with Gasteiger partial charge < -0.3 is 5.32 Å². The Morgan fingerprint density at radius 2 is 2.00 bits per heavy atom. The van der Waals surface area contributed by atoms with Crippen LogP contribution in [0.15, 0.2) is 30.3 Å². The standard InChI is InChI=1S/C15H13F3N4O/c1-10-9-13(22(21-10)8-2-7-19)20-14(23)11-3-5-12(6-4-11)15(16,17)18/h3-6,9H,2,8H2,1H3,(H,20,23). The quantitative estimate of drug-likeness (QED) is 0.938. The van der Waals surface area contributed by atoms with E-state index in [1.807, 2.05) is 6.07 Å². The van der Waals surface area contributed by atoms with Crippen LogP contribution in [0.2, 0.25) is 0 Å². The first kappa shape index (κ1) is 16.5. The Labute approximate surface area is 130 Å². The van der Waals surface area contributed by atoms with Crippen LogP contribution in [-0.4, -0.2) is 15.7 Å². The number of anilines is 1. The third kappa shape index (κ3) is 4.10. The van der Waals surface area contributed by atoms with Gasteiger partial charge in [-0.3, -0.25) is 4.79 Å². The molecule has 5 nitrogen and oxygen atoms in total. The highest BCUT2D eigenvalue weighted by atomic mass is 19.4. The summed E-state index contributed by atoms with van der Waals surface area (Å²) in [5, 5.41) is 15.3. The topological polar surface area (TPSA) is 70.7 Å². The maximum Gasteiger partial charge on any atom is 0.416 e. The van der Waals surface area contributed by atoms with E-state index in [2.05, 4.69) is 10.4 Å². The van der Waals surface area contributed by atoms with Crippen LogP contribution in [-0.2, 0) is 12.7 Å². The van der Waals surface area contributed by atoms with Crippen LogP contribution in [0.3, 0.4) is 0 Å². The van der Waals surface area contributed by atoms with Crippen molar-refractivity contribution in [1.29, 1.82) is 5.26 Å². The first-order valence-electron chi connectivity index (χ1n) is 6.71. The molecule has 1 aromatic heterocycles. The van der Waals surface area contributed by atoms with Gasteiger partial charge in [-0.1, -0.05) is 0 Å². The third-order valence-electron chi connectivity index (χ3n) is 3.05. The minimum atomic E-state index is -4.44. The molecule has 0 spiro atoms. The van der Waals surface area contributed by atoms with E-state index in [-0.39, 0.29) is 12.0 Å². The van der Waals surface area contributed by atoms with Crippen LogP contribution in [0.25, 0.3) is 0 Å². The summed E-state index contributed by atoms with van der Waals surface area (Å²) in [7, 11) is 0. The molecule has 0 radical (unpaired) electrons. The van der Waals surface area contributed by atoms with Crippen LogP contribution >= 0.6 is 0 Å². The first-order valence-corrected chi connectivity index (χ1v) is 6.71. The predicted molar refractivity (Wildman–Crippen MR) is 76.6 cm³/mol. The van der Waals surface area contributed by atoms with Gasteiger partial charge in [0.2, 0.25) is 0 Å². The molecule has 0 unspecified atom stereocenters. The SMILES string of the molecule is Cc1cc(NC(=O)c2ccc(C(F)(F)F)cc2)n(CCC#N)n1. The molecular formula is C15H13F3N4O. The van der Waals surface area contributed by atoms with Gasteiger partial charge in [0.15, 0.2) is 0 Å². The van der Waals surface area contributed by atoms with E-state index < -0.39 is 17.6 Å². The van der Waals surface area contributed by atoms with Crippen molar-refractivity contribution in [2.45, 2.75) is 26.1 Å². The van der Waals surface area contributed by atoms with Gasteiger partial charge in [0.1, 0.15) is 5.82 Å². The highest BCUT2D eigenvalue weighted by Crippen LogP contribution is 2.29. The molecule has 0 atom stereocenters. The van der Waals surface area contributed by atoms with Gasteiger partial charge in [-0.05, 0) is 31.2 Å². The highest BCUT2D eigenvalue weighted by molar-refractivity contribution is 6.03. The number of nitriles is 1. The van der Waals surface area contributed by atoms with E-state index >= 15 is 0 Å². The fraction of sp³-hybridized carbons (Fsp3) is 0.267. The third-order valence-corrected chi connectivity index (χ3v) is 3.05. The number of hydrogen-bond donors (Lipinski definition) is 1. The molecule has 0 fully saturated rings. The van der Waals surface area contributed by atoms with E-state index in [0.29, 0.717) is 18.1 Å². The molecule has 1 N–H and O–H groups in total. The molecule has 1 aromatic carbocycles. The number of amides is 1. The fourth-order valence-electron chi connectivity index (χ4n) is 1.97. The number of benzene rings is 1. The molecule has 0 aliphatic heterocycles. The molecule has 23 heavy (non-hydrogen) atoms. The molecular weight excluding hydrogens is 309 g/mol. The molecule has 0 bridgehead atoms. The largest absolute Gasteiger partial charge is 0.416 e. The number of rotatable bonds is 4. The van der Waals surface area contributed by atoms with Crippen LogP contribution in [0.1, 0.15) is 28.0 Å². The Morgan fingerprint density at radius 1 is 1.35 bits per heavy atom. The lowest BCUT2D eigenvalue weighted by molar-refractivity contribution is -0.137. The second kappa shape index (κ2) is 6.52. The molecule has 1 amide bonds. The van der Waals surface area contributed by atoms with Crippen LogP contribution < -0.4 is 5.32 Å². The van der Waals surface area contributed by atoms with E-state index in [1.54, 1.807) is 13.0 Å². The van der Waals surface area contributed by atoms with Gasteiger partial charge in [0.25, 0.3) is 5.91 Å². The minimum absolute atomic E-state index is 0.101. The van der Waals surface area contributed by atoms with Gasteiger partial charge in [0, 0.05) is 11.6 Å². The van der Waals surface area contributed by atoms with E-state index in [1.165, 1.54) is 4.68 Å². The molecule has 0 saturated heterocycles. The van der Waals surface area contributed by atoms with Crippen LogP contribution in [0, 0.1) is 18.3 Å². The van der Waals surface area contributed by atoms with E-state index in [4.69, 9.17) is 5.26 Å². The summed E-state index contributed by atoms with van der Waals surface area (Å²) in [4.78, 5) is 12.1. The zero-order chi connectivity index (χ0) is 17.0. The van der Waals surface area contributed by atoms with Crippen molar-refractivity contribution >= 4 is 11.7 Å². The number of aromatic nitrogens is 2. The molecule has 2 rings (SSSR count). The monoisotopic (exact) mass is 322 g/mol. The van der Waals surface area contributed by atoms with Gasteiger partial charge in [-0.2, -0.15) is 23.5 Å². The number of halogens is 3. The number of nitrogens with zero attached hydrogens (tertiary/aromatic N) is 3. The molecule has 8 heteroatoms. The molecule has 120 valence electrons. The molecule has 0 aliphatic carbocycles. The molecule has 0 saturated carbocycles. The van der Waals surface area contributed by atoms with Crippen LogP contribution in [0.5, 0.6) is 0 Å². The predicted octanol–water partition coefficient (Wildman–Crippen LogP) is 3.38. The summed E-state index contributed by atoms with van der Waals surface area (Å²) >= 11 is 0. The Balaban J connectivity index is 2.15. The maximum atomic E-state index is 12.5. The Kier molecular flexibility index (Phi) is 4.69. The summed E-state index contributed by atoms with van der Waals surface area (Å²) in [5.74, 6) is -0.153. The van der Waals surface area contributed by atoms with Crippen molar-refractivity contribution in [2.24, 2.45) is 0 Å². The minimum Gasteiger partial charge on any atom is -0.307 e. The smallest absolute Gasteiger partial charge is 0.307 e. The number of carbonyl (C=O) groups excluding carboxylic acids is 1. The zero-order valence-electron chi connectivity index (χ0n) is 12.2. The molecule has 2 aromatic rings. The first-order chi connectivity index (χ1) is 10.8. The summed E-state index contributed by atoms with van der Waals surface area (Å²) in [6.07, 6.45) is -4.22. The van der Waals surface area contributed by atoms with Crippen molar-refractivity contribution in [2.75, 3.05) is 5.32 Å². The number of nitrogens with one attached hydrogen (secondary N) is 1.